The average molecular weight is 246 g/mol. The van der Waals surface area contributed by atoms with Crippen LogP contribution in [0.4, 0.5) is 0 Å². The molecule has 0 N–H and O–H groups in total. The van der Waals surface area contributed by atoms with Gasteiger partial charge in [-0.1, -0.05) is 39.0 Å². The van der Waals surface area contributed by atoms with Crippen LogP contribution in [-0.2, 0) is 0 Å². The predicted octanol–water partition coefficient (Wildman–Crippen LogP) is 2.45. The fraction of sp³-hybridized carbons (Fsp3) is 0.533. The highest BCUT2D eigenvalue weighted by Gasteiger charge is 2.40. The summed E-state index contributed by atoms with van der Waals surface area (Å²) in [6.45, 7) is 8.31. The maximum Gasteiger partial charge on any atom is 0.255 e. The van der Waals surface area contributed by atoms with E-state index >= 15 is 0 Å². The molecule has 1 saturated heterocycles. The van der Waals surface area contributed by atoms with Crippen LogP contribution in [0, 0.1) is 5.41 Å². The smallest absolute Gasteiger partial charge is 0.255 e. The van der Waals surface area contributed by atoms with Gasteiger partial charge in [-0.25, -0.2) is 0 Å². The van der Waals surface area contributed by atoms with Gasteiger partial charge in [0.25, 0.3) is 5.91 Å². The third kappa shape index (κ3) is 2.41. The Morgan fingerprint density at radius 2 is 1.78 bits per heavy atom. The van der Waals surface area contributed by atoms with E-state index in [0.717, 1.165) is 18.7 Å². The van der Waals surface area contributed by atoms with Crippen molar-refractivity contribution in [1.82, 2.24) is 9.80 Å². The van der Waals surface area contributed by atoms with Crippen LogP contribution in [0.15, 0.2) is 30.3 Å². The molecule has 1 aromatic rings. The molecule has 3 heteroatoms. The summed E-state index contributed by atoms with van der Waals surface area (Å²) < 4.78 is 0. The van der Waals surface area contributed by atoms with E-state index in [1.807, 2.05) is 35.2 Å². The molecule has 1 atom stereocenters. The van der Waals surface area contributed by atoms with Gasteiger partial charge in [0, 0.05) is 18.7 Å². The van der Waals surface area contributed by atoms with E-state index in [1.54, 1.807) is 0 Å². The molecule has 1 amide bonds. The van der Waals surface area contributed by atoms with Crippen molar-refractivity contribution in [2.75, 3.05) is 20.1 Å². The molecule has 98 valence electrons. The average Bonchev–Trinajstić information content (AvgIpc) is 2.71. The molecule has 18 heavy (non-hydrogen) atoms. The number of hydrogen-bond acceptors (Lipinski definition) is 2. The van der Waals surface area contributed by atoms with E-state index in [2.05, 4.69) is 32.7 Å². The van der Waals surface area contributed by atoms with Crippen LogP contribution in [0.1, 0.15) is 31.1 Å². The first-order chi connectivity index (χ1) is 8.41. The first-order valence-electron chi connectivity index (χ1n) is 6.47. The van der Waals surface area contributed by atoms with E-state index in [9.17, 15) is 4.79 Å². The van der Waals surface area contributed by atoms with Gasteiger partial charge >= 0.3 is 0 Å². The fourth-order valence-electron chi connectivity index (χ4n) is 2.84. The van der Waals surface area contributed by atoms with Crippen molar-refractivity contribution >= 4 is 5.91 Å². The predicted molar refractivity (Wildman–Crippen MR) is 73.4 cm³/mol. The Morgan fingerprint density at radius 1 is 1.17 bits per heavy atom. The minimum absolute atomic E-state index is 0.0652. The number of nitrogens with zero attached hydrogens (tertiary/aromatic N) is 2. The molecule has 0 aromatic heterocycles. The number of benzene rings is 1. The van der Waals surface area contributed by atoms with Crippen molar-refractivity contribution in [3.63, 3.8) is 0 Å². The highest BCUT2D eigenvalue weighted by molar-refractivity contribution is 5.94. The summed E-state index contributed by atoms with van der Waals surface area (Å²) in [5.74, 6) is 0.139. The number of likely N-dealkylation sites (N-methyl/N-ethyl adjacent to an activating group) is 1. The van der Waals surface area contributed by atoms with Crippen molar-refractivity contribution in [2.45, 2.75) is 26.9 Å². The van der Waals surface area contributed by atoms with E-state index in [4.69, 9.17) is 0 Å². The van der Waals surface area contributed by atoms with Crippen molar-refractivity contribution < 1.29 is 4.79 Å². The Labute approximate surface area is 109 Å². The lowest BCUT2D eigenvalue weighted by atomic mass is 9.91. The van der Waals surface area contributed by atoms with Crippen LogP contribution in [0.5, 0.6) is 0 Å². The molecule has 0 aliphatic carbocycles. The largest absolute Gasteiger partial charge is 0.321 e. The third-order valence-electron chi connectivity index (χ3n) is 3.46. The molecule has 3 nitrogen and oxygen atoms in total. The standard InChI is InChI=1S/C15H22N2O/c1-15(2,3)14-16(4)10-11-17(14)13(18)12-8-6-5-7-9-12/h5-9,14H,10-11H2,1-4H3/t14-/m1/s1. The van der Waals surface area contributed by atoms with Crippen LogP contribution in [-0.4, -0.2) is 42.0 Å². The quantitative estimate of drug-likeness (QED) is 0.760. The van der Waals surface area contributed by atoms with Gasteiger partial charge in [-0.2, -0.15) is 0 Å². The van der Waals surface area contributed by atoms with Crippen LogP contribution < -0.4 is 0 Å². The normalized spacial score (nSPS) is 21.3. The Bertz CT molecular complexity index is 422. The number of hydrogen-bond donors (Lipinski definition) is 0. The summed E-state index contributed by atoms with van der Waals surface area (Å²) >= 11 is 0. The maximum atomic E-state index is 12.5. The fourth-order valence-corrected chi connectivity index (χ4v) is 2.84. The van der Waals surface area contributed by atoms with Crippen LogP contribution >= 0.6 is 0 Å². The topological polar surface area (TPSA) is 23.6 Å². The Kier molecular flexibility index (Phi) is 3.44. The molecule has 1 heterocycles. The Balaban J connectivity index is 2.25. The molecule has 0 unspecified atom stereocenters. The zero-order valence-corrected chi connectivity index (χ0v) is 11.7. The highest BCUT2D eigenvalue weighted by Crippen LogP contribution is 2.31. The number of carbonyl (C=O) groups excluding carboxylic acids is 1. The molecule has 1 fully saturated rings. The molecule has 0 radical (unpaired) electrons. The lowest BCUT2D eigenvalue weighted by Crippen LogP contribution is -2.48. The zero-order valence-electron chi connectivity index (χ0n) is 11.7. The number of amides is 1. The number of rotatable bonds is 1. The van der Waals surface area contributed by atoms with E-state index in [0.29, 0.717) is 0 Å². The van der Waals surface area contributed by atoms with Crippen LogP contribution in [0.25, 0.3) is 0 Å². The molecule has 2 rings (SSSR count). The van der Waals surface area contributed by atoms with Gasteiger partial charge in [0.1, 0.15) is 0 Å². The molecule has 0 saturated carbocycles. The summed E-state index contributed by atoms with van der Waals surface area (Å²) in [5.41, 5.74) is 0.845. The van der Waals surface area contributed by atoms with Gasteiger partial charge in [-0.15, -0.1) is 0 Å². The molecular weight excluding hydrogens is 224 g/mol. The van der Waals surface area contributed by atoms with Crippen molar-refractivity contribution in [2.24, 2.45) is 5.41 Å². The molecular formula is C15H22N2O. The minimum atomic E-state index is 0.0652. The second kappa shape index (κ2) is 4.73. The van der Waals surface area contributed by atoms with E-state index in [-0.39, 0.29) is 17.5 Å². The molecule has 0 bridgehead atoms. The molecule has 0 spiro atoms. The van der Waals surface area contributed by atoms with Crippen molar-refractivity contribution in [3.05, 3.63) is 35.9 Å². The Hall–Kier alpha value is -1.35. The van der Waals surface area contributed by atoms with Gasteiger partial charge in [-0.3, -0.25) is 9.69 Å². The zero-order chi connectivity index (χ0) is 13.3. The van der Waals surface area contributed by atoms with Gasteiger partial charge in [0.15, 0.2) is 0 Å². The summed E-state index contributed by atoms with van der Waals surface area (Å²) in [6, 6.07) is 9.55. The summed E-state index contributed by atoms with van der Waals surface area (Å²) in [5, 5.41) is 0. The summed E-state index contributed by atoms with van der Waals surface area (Å²) in [4.78, 5) is 16.8. The van der Waals surface area contributed by atoms with E-state index < -0.39 is 0 Å². The number of carbonyl (C=O) groups is 1. The first kappa shape index (κ1) is 13.1. The van der Waals surface area contributed by atoms with Gasteiger partial charge in [-0.05, 0) is 24.6 Å². The van der Waals surface area contributed by atoms with Crippen LogP contribution in [0.3, 0.4) is 0 Å². The molecule has 1 aromatic carbocycles. The van der Waals surface area contributed by atoms with Crippen molar-refractivity contribution in [3.8, 4) is 0 Å². The summed E-state index contributed by atoms with van der Waals surface area (Å²) in [6.07, 6.45) is 0.171. The molecule has 1 aliphatic heterocycles. The lowest BCUT2D eigenvalue weighted by Gasteiger charge is -2.38. The summed E-state index contributed by atoms with van der Waals surface area (Å²) in [7, 11) is 2.09. The van der Waals surface area contributed by atoms with Gasteiger partial charge < -0.3 is 4.90 Å². The second-order valence-corrected chi connectivity index (χ2v) is 6.08. The Morgan fingerprint density at radius 3 is 2.33 bits per heavy atom. The third-order valence-corrected chi connectivity index (χ3v) is 3.46. The van der Waals surface area contributed by atoms with Crippen molar-refractivity contribution in [1.29, 1.82) is 0 Å². The SMILES string of the molecule is CN1CCN(C(=O)c2ccccc2)[C@@H]1C(C)(C)C. The monoisotopic (exact) mass is 246 g/mol. The van der Waals surface area contributed by atoms with Gasteiger partial charge in [0.05, 0.1) is 6.17 Å². The molecule has 1 aliphatic rings. The maximum absolute atomic E-state index is 12.5. The first-order valence-corrected chi connectivity index (χ1v) is 6.47. The van der Waals surface area contributed by atoms with Crippen LogP contribution in [0.2, 0.25) is 0 Å². The van der Waals surface area contributed by atoms with E-state index in [1.165, 1.54) is 0 Å². The second-order valence-electron chi connectivity index (χ2n) is 6.08. The minimum Gasteiger partial charge on any atom is -0.321 e. The lowest BCUT2D eigenvalue weighted by molar-refractivity contribution is 0.0375. The van der Waals surface area contributed by atoms with Gasteiger partial charge in [0.2, 0.25) is 0 Å². The highest BCUT2D eigenvalue weighted by atomic mass is 16.2.